The van der Waals surface area contributed by atoms with Crippen molar-refractivity contribution >= 4 is 11.9 Å². The number of nitrogens with zero attached hydrogens (tertiary/aromatic N) is 3. The predicted octanol–water partition coefficient (Wildman–Crippen LogP) is 0.692. The molecule has 1 aromatic heterocycles. The summed E-state index contributed by atoms with van der Waals surface area (Å²) in [7, 11) is 0. The maximum absolute atomic E-state index is 11.0. The van der Waals surface area contributed by atoms with E-state index >= 15 is 0 Å². The van der Waals surface area contributed by atoms with E-state index in [9.17, 15) is 9.59 Å². The minimum Gasteiger partial charge on any atom is -0.481 e. The van der Waals surface area contributed by atoms with E-state index in [1.165, 1.54) is 0 Å². The van der Waals surface area contributed by atoms with E-state index in [1.807, 2.05) is 6.92 Å². The second-order valence-electron chi connectivity index (χ2n) is 4.34. The van der Waals surface area contributed by atoms with Gasteiger partial charge in [-0.05, 0) is 31.2 Å². The molecule has 3 N–H and O–H groups in total. The number of rotatable bonds is 5. The smallest absolute Gasteiger partial charge is 0.303 e. The molecule has 1 amide bonds. The molecular formula is C13H14N4O3. The number of carbonyl (C=O) groups excluding carboxylic acids is 1. The standard InChI is InChI=1S/C13H14N4O3/c1-8-11(6-7-12(18)19)15-16-17(8)10-4-2-9(3-5-10)13(14)20/h2-5H,6-7H2,1H3,(H2,14,20)(H,18,19). The van der Waals surface area contributed by atoms with E-state index in [0.717, 1.165) is 11.4 Å². The molecule has 7 heteroatoms. The highest BCUT2D eigenvalue weighted by Gasteiger charge is 2.11. The third-order valence-corrected chi connectivity index (χ3v) is 2.96. The first-order valence-electron chi connectivity index (χ1n) is 6.02. The van der Waals surface area contributed by atoms with Crippen LogP contribution in [0.3, 0.4) is 0 Å². The van der Waals surface area contributed by atoms with Crippen LogP contribution in [0.25, 0.3) is 5.69 Å². The third-order valence-electron chi connectivity index (χ3n) is 2.96. The number of primary amides is 1. The highest BCUT2D eigenvalue weighted by atomic mass is 16.4. The lowest BCUT2D eigenvalue weighted by atomic mass is 10.2. The zero-order chi connectivity index (χ0) is 14.7. The molecule has 2 rings (SSSR count). The number of aromatic nitrogens is 3. The topological polar surface area (TPSA) is 111 Å². The fraction of sp³-hybridized carbons (Fsp3) is 0.231. The van der Waals surface area contributed by atoms with Crippen molar-refractivity contribution in [2.75, 3.05) is 0 Å². The Morgan fingerprint density at radius 3 is 2.50 bits per heavy atom. The Kier molecular flexibility index (Phi) is 3.79. The van der Waals surface area contributed by atoms with Crippen LogP contribution in [0, 0.1) is 6.92 Å². The van der Waals surface area contributed by atoms with Crippen LogP contribution in [0.5, 0.6) is 0 Å². The van der Waals surface area contributed by atoms with Gasteiger partial charge in [0.05, 0.1) is 23.5 Å². The van der Waals surface area contributed by atoms with Gasteiger partial charge in [-0.25, -0.2) is 4.68 Å². The van der Waals surface area contributed by atoms with E-state index in [2.05, 4.69) is 10.3 Å². The van der Waals surface area contributed by atoms with E-state index < -0.39 is 11.9 Å². The maximum atomic E-state index is 11.0. The number of nitrogens with two attached hydrogens (primary N) is 1. The zero-order valence-electron chi connectivity index (χ0n) is 10.9. The third kappa shape index (κ3) is 2.82. The molecular weight excluding hydrogens is 260 g/mol. The lowest BCUT2D eigenvalue weighted by Gasteiger charge is -2.04. The van der Waals surface area contributed by atoms with Crippen molar-refractivity contribution in [3.63, 3.8) is 0 Å². The average Bonchev–Trinajstić information content (AvgIpc) is 2.78. The SMILES string of the molecule is Cc1c(CCC(=O)O)nnn1-c1ccc(C(N)=O)cc1. The molecule has 0 aliphatic carbocycles. The summed E-state index contributed by atoms with van der Waals surface area (Å²) in [6.45, 7) is 1.82. The Bertz CT molecular complexity index is 646. The molecule has 0 saturated carbocycles. The quantitative estimate of drug-likeness (QED) is 0.833. The molecule has 7 nitrogen and oxygen atoms in total. The summed E-state index contributed by atoms with van der Waals surface area (Å²) < 4.78 is 1.60. The molecule has 2 aromatic rings. The van der Waals surface area contributed by atoms with Crippen LogP contribution in [-0.2, 0) is 11.2 Å². The molecule has 20 heavy (non-hydrogen) atoms. The van der Waals surface area contributed by atoms with Crippen LogP contribution in [-0.4, -0.2) is 32.0 Å². The number of amides is 1. The molecule has 0 unspecified atom stereocenters. The molecule has 0 radical (unpaired) electrons. The van der Waals surface area contributed by atoms with Crippen molar-refractivity contribution in [3.8, 4) is 5.69 Å². The van der Waals surface area contributed by atoms with Gasteiger partial charge in [0.1, 0.15) is 0 Å². The Morgan fingerprint density at radius 1 is 1.30 bits per heavy atom. The fourth-order valence-electron chi connectivity index (χ4n) is 1.83. The number of carbonyl (C=O) groups is 2. The van der Waals surface area contributed by atoms with Crippen molar-refractivity contribution in [1.29, 1.82) is 0 Å². The van der Waals surface area contributed by atoms with E-state index in [1.54, 1.807) is 28.9 Å². The Hall–Kier alpha value is -2.70. The minimum atomic E-state index is -0.871. The van der Waals surface area contributed by atoms with E-state index in [4.69, 9.17) is 10.8 Å². The van der Waals surface area contributed by atoms with Crippen molar-refractivity contribution in [1.82, 2.24) is 15.0 Å². The van der Waals surface area contributed by atoms with Crippen LogP contribution in [0.2, 0.25) is 0 Å². The summed E-state index contributed by atoms with van der Waals surface area (Å²) in [5.41, 5.74) is 7.75. The fourth-order valence-corrected chi connectivity index (χ4v) is 1.83. The summed E-state index contributed by atoms with van der Waals surface area (Å²) >= 11 is 0. The molecule has 0 atom stereocenters. The summed E-state index contributed by atoms with van der Waals surface area (Å²) in [6.07, 6.45) is 0.348. The van der Waals surface area contributed by atoms with Crippen molar-refractivity contribution in [3.05, 3.63) is 41.2 Å². The zero-order valence-corrected chi connectivity index (χ0v) is 10.9. The van der Waals surface area contributed by atoms with Gasteiger partial charge in [0.15, 0.2) is 0 Å². The van der Waals surface area contributed by atoms with Crippen LogP contribution in [0.1, 0.15) is 28.2 Å². The molecule has 0 aliphatic heterocycles. The number of benzene rings is 1. The number of aryl methyl sites for hydroxylation is 1. The molecule has 0 fully saturated rings. The van der Waals surface area contributed by atoms with Gasteiger partial charge < -0.3 is 10.8 Å². The first-order valence-corrected chi connectivity index (χ1v) is 6.02. The van der Waals surface area contributed by atoms with Crippen molar-refractivity contribution in [2.45, 2.75) is 19.8 Å². The summed E-state index contributed by atoms with van der Waals surface area (Å²) in [4.78, 5) is 21.6. The van der Waals surface area contributed by atoms with Gasteiger partial charge in [0.2, 0.25) is 5.91 Å². The van der Waals surface area contributed by atoms with Crippen LogP contribution >= 0.6 is 0 Å². The first-order chi connectivity index (χ1) is 9.49. The van der Waals surface area contributed by atoms with Crippen molar-refractivity contribution < 1.29 is 14.7 Å². The normalized spacial score (nSPS) is 10.4. The minimum absolute atomic E-state index is 0.0140. The van der Waals surface area contributed by atoms with Crippen LogP contribution in [0.15, 0.2) is 24.3 Å². The van der Waals surface area contributed by atoms with E-state index in [0.29, 0.717) is 17.7 Å². The van der Waals surface area contributed by atoms with Gasteiger partial charge in [0.25, 0.3) is 0 Å². The molecule has 0 spiro atoms. The summed E-state index contributed by atoms with van der Waals surface area (Å²) in [6, 6.07) is 6.64. The Labute approximate surface area is 115 Å². The van der Waals surface area contributed by atoms with Gasteiger partial charge in [0, 0.05) is 12.0 Å². The number of hydrogen-bond donors (Lipinski definition) is 2. The Balaban J connectivity index is 2.24. The lowest BCUT2D eigenvalue weighted by Crippen LogP contribution is -2.11. The second kappa shape index (κ2) is 5.52. The number of aliphatic carboxylic acids is 1. The lowest BCUT2D eigenvalue weighted by molar-refractivity contribution is -0.136. The second-order valence-corrected chi connectivity index (χ2v) is 4.34. The number of carboxylic acid groups (broad SMARTS) is 1. The maximum Gasteiger partial charge on any atom is 0.303 e. The molecule has 104 valence electrons. The van der Waals surface area contributed by atoms with Crippen LogP contribution < -0.4 is 5.73 Å². The van der Waals surface area contributed by atoms with Gasteiger partial charge in [-0.2, -0.15) is 0 Å². The first kappa shape index (κ1) is 13.7. The van der Waals surface area contributed by atoms with Crippen molar-refractivity contribution in [2.24, 2.45) is 5.73 Å². The highest BCUT2D eigenvalue weighted by Crippen LogP contribution is 2.14. The summed E-state index contributed by atoms with van der Waals surface area (Å²) in [5.74, 6) is -1.36. The molecule has 0 saturated heterocycles. The molecule has 0 aliphatic rings. The number of hydrogen-bond acceptors (Lipinski definition) is 4. The monoisotopic (exact) mass is 274 g/mol. The van der Waals surface area contributed by atoms with Gasteiger partial charge in [-0.3, -0.25) is 9.59 Å². The van der Waals surface area contributed by atoms with Gasteiger partial charge >= 0.3 is 5.97 Å². The predicted molar refractivity (Wildman–Crippen MR) is 70.6 cm³/mol. The number of carboxylic acids is 1. The van der Waals surface area contributed by atoms with Crippen LogP contribution in [0.4, 0.5) is 0 Å². The Morgan fingerprint density at radius 2 is 1.95 bits per heavy atom. The van der Waals surface area contributed by atoms with Gasteiger partial charge in [-0.15, -0.1) is 5.10 Å². The molecule has 1 heterocycles. The largest absolute Gasteiger partial charge is 0.481 e. The van der Waals surface area contributed by atoms with E-state index in [-0.39, 0.29) is 6.42 Å². The average molecular weight is 274 g/mol. The summed E-state index contributed by atoms with van der Waals surface area (Å²) in [5, 5.41) is 16.6. The highest BCUT2D eigenvalue weighted by molar-refractivity contribution is 5.92. The molecule has 0 bridgehead atoms. The molecule has 1 aromatic carbocycles. The van der Waals surface area contributed by atoms with Gasteiger partial charge in [-0.1, -0.05) is 5.21 Å².